The molecular weight excluding hydrogens is 302 g/mol. The Kier molecular flexibility index (Phi) is 6.04. The molecule has 0 saturated carbocycles. The van der Waals surface area contributed by atoms with Crippen LogP contribution in [-0.2, 0) is 13.0 Å². The summed E-state index contributed by atoms with van der Waals surface area (Å²) in [7, 11) is 1.61. The van der Waals surface area contributed by atoms with Crippen LogP contribution in [0.15, 0.2) is 42.6 Å². The van der Waals surface area contributed by atoms with E-state index in [0.717, 1.165) is 44.9 Å². The van der Waals surface area contributed by atoms with Crippen LogP contribution in [0.5, 0.6) is 11.6 Å². The van der Waals surface area contributed by atoms with Gasteiger partial charge in [0.25, 0.3) is 0 Å². The molecular formula is C19H25N3O2. The Labute approximate surface area is 143 Å². The van der Waals surface area contributed by atoms with E-state index in [4.69, 9.17) is 9.47 Å². The molecule has 1 aromatic heterocycles. The SMILES string of the molecule is COc1ccc(OCCc2ccc(CN3CCNCC3)cc2)cn1. The van der Waals surface area contributed by atoms with Crippen LogP contribution >= 0.6 is 0 Å². The second kappa shape index (κ2) is 8.66. The molecule has 0 radical (unpaired) electrons. The van der Waals surface area contributed by atoms with Crippen molar-refractivity contribution in [1.82, 2.24) is 15.2 Å². The lowest BCUT2D eigenvalue weighted by Crippen LogP contribution is -2.42. The standard InChI is InChI=1S/C19H25N3O2/c1-23-19-7-6-18(14-21-19)24-13-8-16-2-4-17(5-3-16)15-22-11-9-20-10-12-22/h2-7,14,20H,8-13,15H2,1H3. The summed E-state index contributed by atoms with van der Waals surface area (Å²) >= 11 is 0. The summed E-state index contributed by atoms with van der Waals surface area (Å²) in [6, 6.07) is 12.5. The number of methoxy groups -OCH3 is 1. The van der Waals surface area contributed by atoms with Gasteiger partial charge in [-0.3, -0.25) is 4.90 Å². The molecule has 1 aliphatic heterocycles. The van der Waals surface area contributed by atoms with Gasteiger partial charge in [-0.2, -0.15) is 0 Å². The molecule has 24 heavy (non-hydrogen) atoms. The third-order valence-electron chi connectivity index (χ3n) is 4.22. The van der Waals surface area contributed by atoms with E-state index < -0.39 is 0 Å². The fourth-order valence-electron chi connectivity index (χ4n) is 2.80. The quantitative estimate of drug-likeness (QED) is 0.844. The lowest BCUT2D eigenvalue weighted by molar-refractivity contribution is 0.233. The predicted molar refractivity (Wildman–Crippen MR) is 94.6 cm³/mol. The molecule has 0 unspecified atom stereocenters. The van der Waals surface area contributed by atoms with Crippen LogP contribution in [0.25, 0.3) is 0 Å². The van der Waals surface area contributed by atoms with Crippen LogP contribution in [0.1, 0.15) is 11.1 Å². The minimum Gasteiger partial charge on any atom is -0.492 e. The zero-order valence-electron chi connectivity index (χ0n) is 14.2. The minimum absolute atomic E-state index is 0.599. The second-order valence-electron chi connectivity index (χ2n) is 5.98. The summed E-state index contributed by atoms with van der Waals surface area (Å²) in [6.45, 7) is 6.13. The second-order valence-corrected chi connectivity index (χ2v) is 5.98. The average Bonchev–Trinajstić information content (AvgIpc) is 2.65. The maximum Gasteiger partial charge on any atom is 0.213 e. The highest BCUT2D eigenvalue weighted by Gasteiger charge is 2.09. The Bertz CT molecular complexity index is 608. The molecule has 1 aliphatic rings. The van der Waals surface area contributed by atoms with E-state index in [1.165, 1.54) is 11.1 Å². The van der Waals surface area contributed by atoms with Crippen LogP contribution in [0.3, 0.4) is 0 Å². The molecule has 1 N–H and O–H groups in total. The molecule has 1 aromatic carbocycles. The Balaban J connectivity index is 1.43. The molecule has 1 fully saturated rings. The van der Waals surface area contributed by atoms with Crippen molar-refractivity contribution in [2.45, 2.75) is 13.0 Å². The Hall–Kier alpha value is -2.11. The summed E-state index contributed by atoms with van der Waals surface area (Å²) in [4.78, 5) is 6.62. The summed E-state index contributed by atoms with van der Waals surface area (Å²) in [5, 5.41) is 3.39. The lowest BCUT2D eigenvalue weighted by atomic mass is 10.1. The first kappa shape index (κ1) is 16.7. The van der Waals surface area contributed by atoms with Gasteiger partial charge in [0.15, 0.2) is 0 Å². The highest BCUT2D eigenvalue weighted by molar-refractivity contribution is 5.24. The predicted octanol–water partition coefficient (Wildman–Crippen LogP) is 2.12. The van der Waals surface area contributed by atoms with Gasteiger partial charge >= 0.3 is 0 Å². The van der Waals surface area contributed by atoms with Gasteiger partial charge in [-0.1, -0.05) is 24.3 Å². The van der Waals surface area contributed by atoms with Crippen molar-refractivity contribution < 1.29 is 9.47 Å². The topological polar surface area (TPSA) is 46.6 Å². The van der Waals surface area contributed by atoms with Crippen molar-refractivity contribution in [2.24, 2.45) is 0 Å². The zero-order chi connectivity index (χ0) is 16.6. The van der Waals surface area contributed by atoms with Crippen molar-refractivity contribution in [3.8, 4) is 11.6 Å². The molecule has 128 valence electrons. The maximum atomic E-state index is 5.73. The largest absolute Gasteiger partial charge is 0.492 e. The number of rotatable bonds is 7. The first-order chi connectivity index (χ1) is 11.8. The highest BCUT2D eigenvalue weighted by atomic mass is 16.5. The molecule has 5 nitrogen and oxygen atoms in total. The molecule has 0 amide bonds. The number of hydrogen-bond acceptors (Lipinski definition) is 5. The van der Waals surface area contributed by atoms with E-state index >= 15 is 0 Å². The minimum atomic E-state index is 0.599. The number of pyridine rings is 1. The van der Waals surface area contributed by atoms with E-state index in [-0.39, 0.29) is 0 Å². The number of hydrogen-bond donors (Lipinski definition) is 1. The third-order valence-corrected chi connectivity index (χ3v) is 4.22. The number of nitrogens with one attached hydrogen (secondary N) is 1. The average molecular weight is 327 g/mol. The van der Waals surface area contributed by atoms with Crippen molar-refractivity contribution in [1.29, 1.82) is 0 Å². The fraction of sp³-hybridized carbons (Fsp3) is 0.421. The molecule has 1 saturated heterocycles. The van der Waals surface area contributed by atoms with Gasteiger partial charge < -0.3 is 14.8 Å². The zero-order valence-corrected chi connectivity index (χ0v) is 14.2. The van der Waals surface area contributed by atoms with Gasteiger partial charge in [-0.15, -0.1) is 0 Å². The molecule has 0 aliphatic carbocycles. The maximum absolute atomic E-state index is 5.73. The summed E-state index contributed by atoms with van der Waals surface area (Å²) in [5.74, 6) is 1.37. The van der Waals surface area contributed by atoms with E-state index in [1.54, 1.807) is 19.4 Å². The summed E-state index contributed by atoms with van der Waals surface area (Å²) < 4.78 is 10.8. The molecule has 5 heteroatoms. The van der Waals surface area contributed by atoms with E-state index in [9.17, 15) is 0 Å². The third kappa shape index (κ3) is 4.94. The summed E-state index contributed by atoms with van der Waals surface area (Å²) in [6.07, 6.45) is 2.58. The number of ether oxygens (including phenoxy) is 2. The summed E-state index contributed by atoms with van der Waals surface area (Å²) in [5.41, 5.74) is 2.67. The molecule has 0 atom stereocenters. The monoisotopic (exact) mass is 327 g/mol. The van der Waals surface area contributed by atoms with Gasteiger partial charge in [0, 0.05) is 45.2 Å². The Morgan fingerprint density at radius 3 is 2.46 bits per heavy atom. The van der Waals surface area contributed by atoms with Crippen molar-refractivity contribution in [2.75, 3.05) is 39.9 Å². The van der Waals surface area contributed by atoms with Crippen LogP contribution in [0.4, 0.5) is 0 Å². The first-order valence-corrected chi connectivity index (χ1v) is 8.47. The Morgan fingerprint density at radius 1 is 1.04 bits per heavy atom. The van der Waals surface area contributed by atoms with Crippen molar-refractivity contribution in [3.05, 3.63) is 53.7 Å². The molecule has 2 aromatic rings. The van der Waals surface area contributed by atoms with E-state index in [2.05, 4.69) is 39.5 Å². The fourth-order valence-corrected chi connectivity index (χ4v) is 2.80. The van der Waals surface area contributed by atoms with Crippen molar-refractivity contribution >= 4 is 0 Å². The van der Waals surface area contributed by atoms with Gasteiger partial charge in [-0.05, 0) is 17.2 Å². The normalized spacial score (nSPS) is 15.2. The van der Waals surface area contributed by atoms with E-state index in [1.807, 2.05) is 6.07 Å². The highest BCUT2D eigenvalue weighted by Crippen LogP contribution is 2.14. The smallest absolute Gasteiger partial charge is 0.213 e. The number of benzene rings is 1. The molecule has 0 bridgehead atoms. The molecule has 3 rings (SSSR count). The first-order valence-electron chi connectivity index (χ1n) is 8.47. The Morgan fingerprint density at radius 2 is 1.79 bits per heavy atom. The molecule has 0 spiro atoms. The van der Waals surface area contributed by atoms with Gasteiger partial charge in [0.2, 0.25) is 5.88 Å². The van der Waals surface area contributed by atoms with Gasteiger partial charge in [0.1, 0.15) is 5.75 Å². The van der Waals surface area contributed by atoms with Gasteiger partial charge in [0.05, 0.1) is 19.9 Å². The van der Waals surface area contributed by atoms with Crippen molar-refractivity contribution in [3.63, 3.8) is 0 Å². The van der Waals surface area contributed by atoms with Crippen LogP contribution in [-0.4, -0.2) is 49.8 Å². The lowest BCUT2D eigenvalue weighted by Gasteiger charge is -2.27. The van der Waals surface area contributed by atoms with Crippen LogP contribution in [0.2, 0.25) is 0 Å². The van der Waals surface area contributed by atoms with E-state index in [0.29, 0.717) is 12.5 Å². The van der Waals surface area contributed by atoms with Crippen LogP contribution in [0, 0.1) is 0 Å². The van der Waals surface area contributed by atoms with Crippen LogP contribution < -0.4 is 14.8 Å². The molecule has 2 heterocycles. The van der Waals surface area contributed by atoms with Gasteiger partial charge in [-0.25, -0.2) is 4.98 Å². The number of nitrogens with zero attached hydrogens (tertiary/aromatic N) is 2. The number of aromatic nitrogens is 1. The number of piperazine rings is 1.